The number of aliphatic imine (C=N–C) groups is 1. The number of methoxy groups -OCH3 is 1. The first-order valence-corrected chi connectivity index (χ1v) is 7.48. The van der Waals surface area contributed by atoms with Crippen LogP contribution in [0.25, 0.3) is 0 Å². The van der Waals surface area contributed by atoms with Gasteiger partial charge < -0.3 is 19.7 Å². The Balaban J connectivity index is 0.00000484. The summed E-state index contributed by atoms with van der Waals surface area (Å²) in [4.78, 5) is 6.52. The van der Waals surface area contributed by atoms with Gasteiger partial charge in [0.05, 0.1) is 26.4 Å². The van der Waals surface area contributed by atoms with Crippen LogP contribution >= 0.6 is 24.0 Å². The van der Waals surface area contributed by atoms with E-state index in [2.05, 4.69) is 10.3 Å². The monoisotopic (exact) mass is 439 g/mol. The van der Waals surface area contributed by atoms with Gasteiger partial charge in [0.25, 0.3) is 0 Å². The van der Waals surface area contributed by atoms with Gasteiger partial charge in [0.2, 0.25) is 0 Å². The van der Waals surface area contributed by atoms with Crippen LogP contribution in [0.1, 0.15) is 12.5 Å². The zero-order valence-electron chi connectivity index (χ0n) is 14.0. The van der Waals surface area contributed by atoms with Crippen LogP contribution in [0.4, 0.5) is 4.39 Å². The summed E-state index contributed by atoms with van der Waals surface area (Å²) in [6.45, 7) is 5.79. The second-order valence-corrected chi connectivity index (χ2v) is 4.82. The SMILES string of the molecule is CCNC(=NCCOCCOC)N(C)Cc1ccc(F)cc1.I. The van der Waals surface area contributed by atoms with Gasteiger partial charge >= 0.3 is 0 Å². The Bertz CT molecular complexity index is 443. The van der Waals surface area contributed by atoms with Crippen molar-refractivity contribution in [2.24, 2.45) is 4.99 Å². The van der Waals surface area contributed by atoms with Crippen LogP contribution in [-0.2, 0) is 16.0 Å². The third-order valence-electron chi connectivity index (χ3n) is 2.96. The zero-order valence-corrected chi connectivity index (χ0v) is 16.4. The van der Waals surface area contributed by atoms with Crippen molar-refractivity contribution in [3.8, 4) is 0 Å². The lowest BCUT2D eigenvalue weighted by atomic mass is 10.2. The molecule has 0 heterocycles. The second kappa shape index (κ2) is 13.5. The predicted molar refractivity (Wildman–Crippen MR) is 102 cm³/mol. The Hall–Kier alpha value is -0.930. The zero-order chi connectivity index (χ0) is 16.2. The van der Waals surface area contributed by atoms with E-state index in [0.29, 0.717) is 32.9 Å². The topological polar surface area (TPSA) is 46.1 Å². The Labute approximate surface area is 155 Å². The van der Waals surface area contributed by atoms with Crippen LogP contribution in [0.15, 0.2) is 29.3 Å². The third-order valence-corrected chi connectivity index (χ3v) is 2.96. The quantitative estimate of drug-likeness (QED) is 0.278. The number of hydrogen-bond donors (Lipinski definition) is 1. The summed E-state index contributed by atoms with van der Waals surface area (Å²) < 4.78 is 23.2. The fraction of sp³-hybridized carbons (Fsp3) is 0.562. The number of nitrogens with zero attached hydrogens (tertiary/aromatic N) is 2. The molecule has 0 unspecified atom stereocenters. The normalized spacial score (nSPS) is 11.0. The van der Waals surface area contributed by atoms with Crippen molar-refractivity contribution in [2.75, 3.05) is 47.1 Å². The average molecular weight is 439 g/mol. The lowest BCUT2D eigenvalue weighted by molar-refractivity contribution is 0.0747. The molecular formula is C16H27FIN3O2. The number of ether oxygens (including phenoxy) is 2. The maximum absolute atomic E-state index is 12.9. The van der Waals surface area contributed by atoms with Crippen molar-refractivity contribution in [2.45, 2.75) is 13.5 Å². The lowest BCUT2D eigenvalue weighted by Crippen LogP contribution is -2.38. The number of rotatable bonds is 9. The van der Waals surface area contributed by atoms with Gasteiger partial charge in [0.15, 0.2) is 5.96 Å². The van der Waals surface area contributed by atoms with Crippen molar-refractivity contribution in [1.82, 2.24) is 10.2 Å². The van der Waals surface area contributed by atoms with Crippen LogP contribution in [-0.4, -0.2) is 57.9 Å². The van der Waals surface area contributed by atoms with Crippen molar-refractivity contribution in [1.29, 1.82) is 0 Å². The van der Waals surface area contributed by atoms with Gasteiger partial charge in [0, 0.05) is 27.2 Å². The summed E-state index contributed by atoms with van der Waals surface area (Å²) in [5.41, 5.74) is 1.03. The molecule has 0 aromatic heterocycles. The molecule has 1 aromatic carbocycles. The molecule has 0 atom stereocenters. The summed E-state index contributed by atoms with van der Waals surface area (Å²) in [6, 6.07) is 6.50. The number of guanidine groups is 1. The Morgan fingerprint density at radius 2 is 1.91 bits per heavy atom. The minimum absolute atomic E-state index is 0. The summed E-state index contributed by atoms with van der Waals surface area (Å²) in [6.07, 6.45) is 0. The maximum Gasteiger partial charge on any atom is 0.194 e. The average Bonchev–Trinajstić information content (AvgIpc) is 2.51. The first kappa shape index (κ1) is 22.1. The van der Waals surface area contributed by atoms with E-state index in [1.165, 1.54) is 12.1 Å². The Morgan fingerprint density at radius 3 is 2.52 bits per heavy atom. The van der Waals surface area contributed by atoms with Crippen LogP contribution in [0.2, 0.25) is 0 Å². The molecule has 23 heavy (non-hydrogen) atoms. The van der Waals surface area contributed by atoms with E-state index >= 15 is 0 Å². The van der Waals surface area contributed by atoms with E-state index in [0.717, 1.165) is 18.1 Å². The molecule has 1 rings (SSSR count). The van der Waals surface area contributed by atoms with Crippen molar-refractivity contribution < 1.29 is 13.9 Å². The van der Waals surface area contributed by atoms with E-state index in [1.54, 1.807) is 19.2 Å². The van der Waals surface area contributed by atoms with Crippen molar-refractivity contribution in [3.05, 3.63) is 35.6 Å². The molecule has 7 heteroatoms. The molecule has 0 spiro atoms. The highest BCUT2D eigenvalue weighted by atomic mass is 127. The first-order valence-electron chi connectivity index (χ1n) is 7.48. The first-order chi connectivity index (χ1) is 10.7. The molecule has 0 radical (unpaired) electrons. The smallest absolute Gasteiger partial charge is 0.194 e. The summed E-state index contributed by atoms with van der Waals surface area (Å²) in [5.74, 6) is 0.586. The number of nitrogens with one attached hydrogen (secondary N) is 1. The van der Waals surface area contributed by atoms with Gasteiger partial charge in [-0.3, -0.25) is 4.99 Å². The summed E-state index contributed by atoms with van der Waals surface area (Å²) in [7, 11) is 3.60. The molecule has 0 aliphatic rings. The van der Waals surface area contributed by atoms with Crippen LogP contribution in [0.3, 0.4) is 0 Å². The molecule has 132 valence electrons. The fourth-order valence-electron chi connectivity index (χ4n) is 1.87. The van der Waals surface area contributed by atoms with Gasteiger partial charge in [-0.15, -0.1) is 24.0 Å². The molecule has 0 aliphatic carbocycles. The molecule has 0 saturated carbocycles. The number of hydrogen-bond acceptors (Lipinski definition) is 3. The standard InChI is InChI=1S/C16H26FN3O2.HI/c1-4-18-16(19-9-10-22-12-11-21-3)20(2)13-14-5-7-15(17)8-6-14;/h5-8H,4,9-13H2,1-3H3,(H,18,19);1H. The largest absolute Gasteiger partial charge is 0.382 e. The van der Waals surface area contributed by atoms with Gasteiger partial charge in [-0.1, -0.05) is 12.1 Å². The number of halogens is 2. The lowest BCUT2D eigenvalue weighted by Gasteiger charge is -2.22. The van der Waals surface area contributed by atoms with E-state index in [9.17, 15) is 4.39 Å². The van der Waals surface area contributed by atoms with Crippen LogP contribution in [0, 0.1) is 5.82 Å². The van der Waals surface area contributed by atoms with E-state index in [-0.39, 0.29) is 29.8 Å². The molecule has 0 amide bonds. The van der Waals surface area contributed by atoms with Gasteiger partial charge in [-0.05, 0) is 24.6 Å². The molecule has 1 N–H and O–H groups in total. The van der Waals surface area contributed by atoms with Gasteiger partial charge in [-0.2, -0.15) is 0 Å². The Kier molecular flexibility index (Phi) is 13.0. The van der Waals surface area contributed by atoms with Crippen molar-refractivity contribution >= 4 is 29.9 Å². The highest BCUT2D eigenvalue weighted by Crippen LogP contribution is 2.05. The van der Waals surface area contributed by atoms with Gasteiger partial charge in [-0.25, -0.2) is 4.39 Å². The van der Waals surface area contributed by atoms with E-state index < -0.39 is 0 Å². The molecule has 0 aliphatic heterocycles. The summed E-state index contributed by atoms with van der Waals surface area (Å²) in [5, 5.41) is 3.24. The number of benzene rings is 1. The molecule has 1 aromatic rings. The van der Waals surface area contributed by atoms with Crippen LogP contribution in [0.5, 0.6) is 0 Å². The third kappa shape index (κ3) is 9.72. The minimum Gasteiger partial charge on any atom is -0.382 e. The highest BCUT2D eigenvalue weighted by Gasteiger charge is 2.06. The second-order valence-electron chi connectivity index (χ2n) is 4.82. The molecule has 0 fully saturated rings. The Morgan fingerprint density at radius 1 is 1.22 bits per heavy atom. The molecular weight excluding hydrogens is 412 g/mol. The molecule has 5 nitrogen and oxygen atoms in total. The van der Waals surface area contributed by atoms with Crippen LogP contribution < -0.4 is 5.32 Å². The van der Waals surface area contributed by atoms with Crippen molar-refractivity contribution in [3.63, 3.8) is 0 Å². The highest BCUT2D eigenvalue weighted by molar-refractivity contribution is 14.0. The van der Waals surface area contributed by atoms with E-state index in [1.807, 2.05) is 18.9 Å². The summed E-state index contributed by atoms with van der Waals surface area (Å²) >= 11 is 0. The maximum atomic E-state index is 12.9. The van der Waals surface area contributed by atoms with E-state index in [4.69, 9.17) is 9.47 Å². The molecule has 0 saturated heterocycles. The van der Waals surface area contributed by atoms with Gasteiger partial charge in [0.1, 0.15) is 5.82 Å². The minimum atomic E-state index is -0.222. The fourth-order valence-corrected chi connectivity index (χ4v) is 1.87. The predicted octanol–water partition coefficient (Wildman–Crippen LogP) is 2.50. The molecule has 0 bridgehead atoms.